The lowest BCUT2D eigenvalue weighted by Gasteiger charge is -2.16. The predicted molar refractivity (Wildman–Crippen MR) is 77.1 cm³/mol. The molecule has 1 fully saturated rings. The molecule has 0 saturated heterocycles. The van der Waals surface area contributed by atoms with E-state index < -0.39 is 11.9 Å². The molecule has 1 amide bonds. The van der Waals surface area contributed by atoms with Crippen molar-refractivity contribution in [2.75, 3.05) is 0 Å². The standard InChI is InChI=1S/C16H19NO3/c1-11-5-7-12(8-6-11)9-10-15(18)17-14-4-2-3-13(14)16(19)20/h5-10,13-14H,2-4H2,1H3,(H,17,18)(H,19,20). The molecule has 2 N–H and O–H groups in total. The molecule has 0 radical (unpaired) electrons. The molecule has 0 heterocycles. The molecule has 1 aliphatic rings. The highest BCUT2D eigenvalue weighted by Gasteiger charge is 2.33. The van der Waals surface area contributed by atoms with E-state index in [0.717, 1.165) is 18.4 Å². The zero-order valence-electron chi connectivity index (χ0n) is 11.5. The largest absolute Gasteiger partial charge is 0.481 e. The zero-order chi connectivity index (χ0) is 14.5. The number of hydrogen-bond donors (Lipinski definition) is 2. The van der Waals surface area contributed by atoms with Crippen LogP contribution in [-0.2, 0) is 9.59 Å². The number of aliphatic carboxylic acids is 1. The molecule has 1 saturated carbocycles. The second-order valence-electron chi connectivity index (χ2n) is 5.23. The number of rotatable bonds is 4. The number of carbonyl (C=O) groups is 2. The monoisotopic (exact) mass is 273 g/mol. The van der Waals surface area contributed by atoms with Gasteiger partial charge >= 0.3 is 5.97 Å². The minimum Gasteiger partial charge on any atom is -0.481 e. The minimum absolute atomic E-state index is 0.233. The molecule has 0 aliphatic heterocycles. The first-order valence-corrected chi connectivity index (χ1v) is 6.84. The molecule has 4 nitrogen and oxygen atoms in total. The van der Waals surface area contributed by atoms with E-state index in [9.17, 15) is 9.59 Å². The van der Waals surface area contributed by atoms with Crippen LogP contribution < -0.4 is 5.32 Å². The number of benzene rings is 1. The highest BCUT2D eigenvalue weighted by Crippen LogP contribution is 2.25. The summed E-state index contributed by atoms with van der Waals surface area (Å²) in [5, 5.41) is 11.8. The zero-order valence-corrected chi connectivity index (χ0v) is 11.5. The molecule has 0 bridgehead atoms. The molecule has 20 heavy (non-hydrogen) atoms. The van der Waals surface area contributed by atoms with Gasteiger partial charge in [-0.3, -0.25) is 9.59 Å². The molecule has 2 atom stereocenters. The van der Waals surface area contributed by atoms with Crippen molar-refractivity contribution in [1.29, 1.82) is 0 Å². The maximum Gasteiger partial charge on any atom is 0.308 e. The lowest BCUT2D eigenvalue weighted by atomic mass is 10.0. The quantitative estimate of drug-likeness (QED) is 0.828. The molecule has 2 unspecified atom stereocenters. The van der Waals surface area contributed by atoms with Crippen LogP contribution in [0.4, 0.5) is 0 Å². The molecular formula is C16H19NO3. The van der Waals surface area contributed by atoms with Gasteiger partial charge in [-0.25, -0.2) is 0 Å². The summed E-state index contributed by atoms with van der Waals surface area (Å²) in [5.41, 5.74) is 2.12. The van der Waals surface area contributed by atoms with E-state index in [2.05, 4.69) is 5.32 Å². The van der Waals surface area contributed by atoms with Crippen LogP contribution in [0.5, 0.6) is 0 Å². The van der Waals surface area contributed by atoms with Crippen LogP contribution in [0.2, 0.25) is 0 Å². The number of aryl methyl sites for hydroxylation is 1. The molecule has 106 valence electrons. The molecule has 1 aliphatic carbocycles. The van der Waals surface area contributed by atoms with Crippen LogP contribution in [-0.4, -0.2) is 23.0 Å². The Kier molecular flexibility index (Phi) is 4.56. The van der Waals surface area contributed by atoms with Crippen molar-refractivity contribution in [1.82, 2.24) is 5.32 Å². The topological polar surface area (TPSA) is 66.4 Å². The fourth-order valence-corrected chi connectivity index (χ4v) is 2.51. The minimum atomic E-state index is -0.824. The number of carboxylic acids is 1. The summed E-state index contributed by atoms with van der Waals surface area (Å²) < 4.78 is 0. The summed E-state index contributed by atoms with van der Waals surface area (Å²) in [6.45, 7) is 2.01. The van der Waals surface area contributed by atoms with Gasteiger partial charge in [-0.1, -0.05) is 36.2 Å². The highest BCUT2D eigenvalue weighted by molar-refractivity contribution is 5.92. The average Bonchev–Trinajstić information content (AvgIpc) is 2.86. The fourth-order valence-electron chi connectivity index (χ4n) is 2.51. The van der Waals surface area contributed by atoms with Crippen LogP contribution in [0.3, 0.4) is 0 Å². The van der Waals surface area contributed by atoms with Gasteiger partial charge in [0, 0.05) is 12.1 Å². The van der Waals surface area contributed by atoms with Crippen molar-refractivity contribution in [3.8, 4) is 0 Å². The Morgan fingerprint density at radius 1 is 1.25 bits per heavy atom. The number of carboxylic acid groups (broad SMARTS) is 1. The van der Waals surface area contributed by atoms with Gasteiger partial charge in [-0.2, -0.15) is 0 Å². The summed E-state index contributed by atoms with van der Waals surface area (Å²) in [7, 11) is 0. The fraction of sp³-hybridized carbons (Fsp3) is 0.375. The van der Waals surface area contributed by atoms with Crippen molar-refractivity contribution in [3.05, 3.63) is 41.5 Å². The van der Waals surface area contributed by atoms with E-state index in [0.29, 0.717) is 6.42 Å². The van der Waals surface area contributed by atoms with Crippen LogP contribution in [0.15, 0.2) is 30.3 Å². The molecule has 1 aromatic rings. The molecule has 0 aromatic heterocycles. The third kappa shape index (κ3) is 3.70. The maximum atomic E-state index is 11.8. The Morgan fingerprint density at radius 2 is 1.95 bits per heavy atom. The smallest absolute Gasteiger partial charge is 0.308 e. The lowest BCUT2D eigenvalue weighted by Crippen LogP contribution is -2.39. The van der Waals surface area contributed by atoms with E-state index in [1.165, 1.54) is 11.6 Å². The Hall–Kier alpha value is -2.10. The predicted octanol–water partition coefficient (Wildman–Crippen LogP) is 2.38. The Bertz CT molecular complexity index is 519. The SMILES string of the molecule is Cc1ccc(C=CC(=O)NC2CCCC2C(=O)O)cc1. The van der Waals surface area contributed by atoms with Gasteiger partial charge in [0.1, 0.15) is 0 Å². The second-order valence-corrected chi connectivity index (χ2v) is 5.23. The van der Waals surface area contributed by atoms with Gasteiger partial charge in [-0.05, 0) is 31.4 Å². The number of hydrogen-bond acceptors (Lipinski definition) is 2. The number of nitrogens with one attached hydrogen (secondary N) is 1. The number of carbonyl (C=O) groups excluding carboxylic acids is 1. The molecule has 2 rings (SSSR count). The Balaban J connectivity index is 1.92. The first-order chi connectivity index (χ1) is 9.56. The van der Waals surface area contributed by atoms with Crippen molar-refractivity contribution in [3.63, 3.8) is 0 Å². The third-order valence-corrected chi connectivity index (χ3v) is 3.67. The van der Waals surface area contributed by atoms with Crippen molar-refractivity contribution in [2.24, 2.45) is 5.92 Å². The molecule has 4 heteroatoms. The third-order valence-electron chi connectivity index (χ3n) is 3.67. The summed E-state index contributed by atoms with van der Waals surface area (Å²) >= 11 is 0. The summed E-state index contributed by atoms with van der Waals surface area (Å²) in [4.78, 5) is 22.9. The first-order valence-electron chi connectivity index (χ1n) is 6.84. The normalized spacial score (nSPS) is 22.1. The summed E-state index contributed by atoms with van der Waals surface area (Å²) in [6.07, 6.45) is 5.42. The van der Waals surface area contributed by atoms with E-state index in [1.807, 2.05) is 31.2 Å². The summed E-state index contributed by atoms with van der Waals surface area (Å²) in [5.74, 6) is -1.51. The molecular weight excluding hydrogens is 254 g/mol. The maximum absolute atomic E-state index is 11.8. The van der Waals surface area contributed by atoms with Gasteiger partial charge in [0.05, 0.1) is 5.92 Å². The van der Waals surface area contributed by atoms with Crippen molar-refractivity contribution >= 4 is 18.0 Å². The van der Waals surface area contributed by atoms with E-state index in [1.54, 1.807) is 6.08 Å². The van der Waals surface area contributed by atoms with Crippen LogP contribution in [0.25, 0.3) is 6.08 Å². The second kappa shape index (κ2) is 6.37. The highest BCUT2D eigenvalue weighted by atomic mass is 16.4. The lowest BCUT2D eigenvalue weighted by molar-refractivity contribution is -0.142. The van der Waals surface area contributed by atoms with Crippen molar-refractivity contribution < 1.29 is 14.7 Å². The summed E-state index contributed by atoms with van der Waals surface area (Å²) in [6, 6.07) is 7.59. The number of amides is 1. The van der Waals surface area contributed by atoms with Gasteiger partial charge in [0.15, 0.2) is 0 Å². The molecule has 1 aromatic carbocycles. The van der Waals surface area contributed by atoms with E-state index >= 15 is 0 Å². The van der Waals surface area contributed by atoms with Gasteiger partial charge < -0.3 is 10.4 Å². The van der Waals surface area contributed by atoms with Gasteiger partial charge in [0.2, 0.25) is 5.91 Å². The van der Waals surface area contributed by atoms with Gasteiger partial charge in [0.25, 0.3) is 0 Å². The van der Waals surface area contributed by atoms with E-state index in [4.69, 9.17) is 5.11 Å². The van der Waals surface area contributed by atoms with E-state index in [-0.39, 0.29) is 11.9 Å². The Morgan fingerprint density at radius 3 is 2.60 bits per heavy atom. The first kappa shape index (κ1) is 14.3. The Labute approximate surface area is 118 Å². The van der Waals surface area contributed by atoms with Crippen LogP contribution in [0.1, 0.15) is 30.4 Å². The van der Waals surface area contributed by atoms with Crippen molar-refractivity contribution in [2.45, 2.75) is 32.2 Å². The average molecular weight is 273 g/mol. The van der Waals surface area contributed by atoms with Gasteiger partial charge in [-0.15, -0.1) is 0 Å². The van der Waals surface area contributed by atoms with Crippen LogP contribution in [0, 0.1) is 12.8 Å². The molecule has 0 spiro atoms. The van der Waals surface area contributed by atoms with Crippen LogP contribution >= 0.6 is 0 Å².